The number of thiazole rings is 1. The first kappa shape index (κ1) is 20.1. The van der Waals surface area contributed by atoms with Crippen molar-refractivity contribution in [2.24, 2.45) is 16.7 Å². The third-order valence-electron chi connectivity index (χ3n) is 8.02. The zero-order chi connectivity index (χ0) is 20.1. The van der Waals surface area contributed by atoms with E-state index >= 15 is 0 Å². The molecule has 0 unspecified atom stereocenters. The largest absolute Gasteiger partial charge is 0.396 e. The molecule has 2 saturated carbocycles. The fraction of sp³-hybridized carbons (Fsp3) is 0.810. The van der Waals surface area contributed by atoms with Crippen molar-refractivity contribution < 1.29 is 15.0 Å². The summed E-state index contributed by atoms with van der Waals surface area (Å²) in [5.74, 6) is 0.146. The molecule has 3 aliphatic rings. The second kappa shape index (κ2) is 7.26. The first-order valence-corrected chi connectivity index (χ1v) is 11.4. The molecule has 5 atom stereocenters. The van der Waals surface area contributed by atoms with Gasteiger partial charge in [0.1, 0.15) is 0 Å². The lowest BCUT2D eigenvalue weighted by Crippen LogP contribution is -2.57. The van der Waals surface area contributed by atoms with Gasteiger partial charge < -0.3 is 21.3 Å². The second-order valence-electron chi connectivity index (χ2n) is 9.65. The van der Waals surface area contributed by atoms with Crippen LogP contribution in [0.25, 0.3) is 0 Å². The lowest BCUT2D eigenvalue weighted by atomic mass is 9.47. The van der Waals surface area contributed by atoms with Crippen LogP contribution in [0.5, 0.6) is 0 Å². The molecule has 0 saturated heterocycles. The lowest BCUT2D eigenvalue weighted by Gasteiger charge is -2.58. The van der Waals surface area contributed by atoms with E-state index in [1.165, 1.54) is 24.2 Å². The number of aliphatic hydroxyl groups is 2. The van der Waals surface area contributed by atoms with Crippen LogP contribution in [-0.4, -0.2) is 39.9 Å². The Morgan fingerprint density at radius 1 is 1.32 bits per heavy atom. The zero-order valence-corrected chi connectivity index (χ0v) is 17.7. The van der Waals surface area contributed by atoms with E-state index in [4.69, 9.17) is 5.73 Å². The molecule has 1 amide bonds. The van der Waals surface area contributed by atoms with E-state index in [0.717, 1.165) is 36.3 Å². The lowest BCUT2D eigenvalue weighted by molar-refractivity contribution is -0.144. The molecule has 0 aromatic carbocycles. The van der Waals surface area contributed by atoms with E-state index in [0.29, 0.717) is 24.0 Å². The monoisotopic (exact) mass is 407 g/mol. The summed E-state index contributed by atoms with van der Waals surface area (Å²) < 4.78 is 0. The molecule has 3 aliphatic carbocycles. The van der Waals surface area contributed by atoms with Crippen molar-refractivity contribution in [2.75, 3.05) is 12.3 Å². The Kier molecular flexibility index (Phi) is 5.21. The number of nitrogens with two attached hydrogens (primary N) is 1. The van der Waals surface area contributed by atoms with Gasteiger partial charge in [-0.15, -0.1) is 11.3 Å². The SMILES string of the molecule is C[C@]1(CO)[C@H]2Cc3sc(N)nc3[C@@H](CC(=O)NC3CCCC3)[C@]2(C)CC[C@H]1O. The zero-order valence-electron chi connectivity index (χ0n) is 16.9. The van der Waals surface area contributed by atoms with E-state index in [-0.39, 0.29) is 29.8 Å². The average Bonchev–Trinajstić information content (AvgIpc) is 3.29. The maximum absolute atomic E-state index is 12.9. The van der Waals surface area contributed by atoms with Crippen LogP contribution in [-0.2, 0) is 11.2 Å². The summed E-state index contributed by atoms with van der Waals surface area (Å²) >= 11 is 1.49. The summed E-state index contributed by atoms with van der Waals surface area (Å²) in [6.07, 6.45) is 6.61. The normalized spacial score (nSPS) is 38.1. The van der Waals surface area contributed by atoms with Crippen molar-refractivity contribution in [3.05, 3.63) is 10.6 Å². The molecule has 7 heteroatoms. The van der Waals surface area contributed by atoms with Gasteiger partial charge in [-0.1, -0.05) is 26.7 Å². The molecule has 156 valence electrons. The number of aliphatic hydroxyl groups excluding tert-OH is 2. The number of hydrogen-bond donors (Lipinski definition) is 4. The summed E-state index contributed by atoms with van der Waals surface area (Å²) in [5.41, 5.74) is 6.25. The highest BCUT2D eigenvalue weighted by Crippen LogP contribution is 2.62. The van der Waals surface area contributed by atoms with E-state index in [2.05, 4.69) is 17.2 Å². The maximum atomic E-state index is 12.9. The third kappa shape index (κ3) is 3.15. The van der Waals surface area contributed by atoms with Gasteiger partial charge in [0, 0.05) is 28.7 Å². The van der Waals surface area contributed by atoms with Gasteiger partial charge in [0.15, 0.2) is 5.13 Å². The van der Waals surface area contributed by atoms with E-state index in [1.54, 1.807) is 0 Å². The Balaban J connectivity index is 1.67. The summed E-state index contributed by atoms with van der Waals surface area (Å²) in [4.78, 5) is 18.7. The number of carbonyl (C=O) groups is 1. The average molecular weight is 408 g/mol. The molecule has 4 rings (SSSR count). The molecule has 0 spiro atoms. The number of aromatic nitrogens is 1. The predicted molar refractivity (Wildman–Crippen MR) is 110 cm³/mol. The summed E-state index contributed by atoms with van der Waals surface area (Å²) in [7, 11) is 0. The quantitative estimate of drug-likeness (QED) is 0.613. The number of rotatable bonds is 4. The summed E-state index contributed by atoms with van der Waals surface area (Å²) in [6.45, 7) is 4.16. The van der Waals surface area contributed by atoms with Crippen LogP contribution < -0.4 is 11.1 Å². The molecule has 0 aliphatic heterocycles. The molecule has 1 heterocycles. The number of hydrogen-bond acceptors (Lipinski definition) is 6. The van der Waals surface area contributed by atoms with Gasteiger partial charge in [-0.2, -0.15) is 0 Å². The maximum Gasteiger partial charge on any atom is 0.220 e. The van der Waals surface area contributed by atoms with E-state index < -0.39 is 11.5 Å². The highest BCUT2D eigenvalue weighted by Gasteiger charge is 2.59. The molecule has 6 nitrogen and oxygen atoms in total. The van der Waals surface area contributed by atoms with E-state index in [9.17, 15) is 15.0 Å². The van der Waals surface area contributed by atoms with Crippen LogP contribution in [0.4, 0.5) is 5.13 Å². The fourth-order valence-corrected chi connectivity index (χ4v) is 7.15. The Hall–Kier alpha value is -1.18. The number of anilines is 1. The first-order chi connectivity index (χ1) is 13.3. The van der Waals surface area contributed by atoms with Crippen LogP contribution in [0.1, 0.15) is 75.3 Å². The van der Waals surface area contributed by atoms with Crippen molar-refractivity contribution in [2.45, 2.75) is 83.3 Å². The van der Waals surface area contributed by atoms with Gasteiger partial charge in [0.25, 0.3) is 0 Å². The summed E-state index contributed by atoms with van der Waals surface area (Å²) in [6, 6.07) is 0.301. The van der Waals surface area contributed by atoms with Gasteiger partial charge >= 0.3 is 0 Å². The number of amides is 1. The first-order valence-electron chi connectivity index (χ1n) is 10.6. The molecular formula is C21H33N3O3S. The third-order valence-corrected chi connectivity index (χ3v) is 8.94. The van der Waals surface area contributed by atoms with Crippen molar-refractivity contribution in [3.63, 3.8) is 0 Å². The molecule has 0 bridgehead atoms. The predicted octanol–water partition coefficient (Wildman–Crippen LogP) is 2.59. The molecule has 0 radical (unpaired) electrons. The standard InChI is InChI=1S/C21H33N3O3S/c1-20-8-7-16(26)21(2,11-25)15(20)10-14-18(24-19(22)28-14)13(20)9-17(27)23-12-5-3-4-6-12/h12-13,15-16,25-26H,3-11H2,1-2H3,(H2,22,24)(H,23,27)/t13-,15+,16-,20+,21+/m1/s1. The van der Waals surface area contributed by atoms with Crippen molar-refractivity contribution >= 4 is 22.4 Å². The smallest absolute Gasteiger partial charge is 0.220 e. The van der Waals surface area contributed by atoms with Gasteiger partial charge in [0.2, 0.25) is 5.91 Å². The Morgan fingerprint density at radius 2 is 2.04 bits per heavy atom. The fourth-order valence-electron chi connectivity index (χ4n) is 6.21. The molecule has 5 N–H and O–H groups in total. The minimum Gasteiger partial charge on any atom is -0.396 e. The minimum atomic E-state index is -0.580. The highest BCUT2D eigenvalue weighted by atomic mass is 32.1. The topological polar surface area (TPSA) is 108 Å². The number of fused-ring (bicyclic) bond motifs is 2. The van der Waals surface area contributed by atoms with Crippen LogP contribution in [0, 0.1) is 16.7 Å². The van der Waals surface area contributed by atoms with Gasteiger partial charge in [-0.05, 0) is 43.4 Å². The van der Waals surface area contributed by atoms with Crippen LogP contribution in [0.15, 0.2) is 0 Å². The van der Waals surface area contributed by atoms with Crippen molar-refractivity contribution in [3.8, 4) is 0 Å². The number of nitrogens with zero attached hydrogens (tertiary/aromatic N) is 1. The highest BCUT2D eigenvalue weighted by molar-refractivity contribution is 7.15. The van der Waals surface area contributed by atoms with Crippen LogP contribution in [0.2, 0.25) is 0 Å². The van der Waals surface area contributed by atoms with Crippen LogP contribution >= 0.6 is 11.3 Å². The molecule has 28 heavy (non-hydrogen) atoms. The molecule has 2 fully saturated rings. The molecular weight excluding hydrogens is 374 g/mol. The summed E-state index contributed by atoms with van der Waals surface area (Å²) in [5, 5.41) is 24.7. The van der Waals surface area contributed by atoms with Gasteiger partial charge in [-0.25, -0.2) is 4.98 Å². The van der Waals surface area contributed by atoms with Gasteiger partial charge in [-0.3, -0.25) is 4.79 Å². The Morgan fingerprint density at radius 3 is 2.71 bits per heavy atom. The minimum absolute atomic E-state index is 0.0328. The number of nitrogens with one attached hydrogen (secondary N) is 1. The molecule has 1 aromatic heterocycles. The number of nitrogen functional groups attached to an aromatic ring is 1. The molecule has 1 aromatic rings. The number of carbonyl (C=O) groups excluding carboxylic acids is 1. The van der Waals surface area contributed by atoms with Crippen molar-refractivity contribution in [1.29, 1.82) is 0 Å². The van der Waals surface area contributed by atoms with Crippen molar-refractivity contribution in [1.82, 2.24) is 10.3 Å². The Labute approximate surface area is 170 Å². The Bertz CT molecular complexity index is 747. The second-order valence-corrected chi connectivity index (χ2v) is 10.8. The van der Waals surface area contributed by atoms with Gasteiger partial charge in [0.05, 0.1) is 18.4 Å². The van der Waals surface area contributed by atoms with E-state index in [1.807, 2.05) is 6.92 Å². The van der Waals surface area contributed by atoms with Crippen LogP contribution in [0.3, 0.4) is 0 Å².